The molecule has 1 atom stereocenters. The minimum atomic E-state index is -4.41. The molecular formula is C14H18F3N3O. The fourth-order valence-corrected chi connectivity index (χ4v) is 2.34. The van der Waals surface area contributed by atoms with Crippen molar-refractivity contribution in [3.05, 3.63) is 35.4 Å². The Hall–Kier alpha value is -1.76. The van der Waals surface area contributed by atoms with Crippen molar-refractivity contribution in [2.75, 3.05) is 13.1 Å². The van der Waals surface area contributed by atoms with Crippen LogP contribution in [0.3, 0.4) is 0 Å². The van der Waals surface area contributed by atoms with E-state index in [4.69, 9.17) is 0 Å². The molecule has 0 radical (unpaired) electrons. The van der Waals surface area contributed by atoms with Gasteiger partial charge < -0.3 is 16.0 Å². The maximum Gasteiger partial charge on any atom is 0.416 e. The van der Waals surface area contributed by atoms with Crippen molar-refractivity contribution < 1.29 is 18.0 Å². The number of piperidine rings is 1. The lowest BCUT2D eigenvalue weighted by Crippen LogP contribution is -2.49. The van der Waals surface area contributed by atoms with Gasteiger partial charge in [-0.1, -0.05) is 18.2 Å². The number of rotatable bonds is 3. The van der Waals surface area contributed by atoms with Gasteiger partial charge in [0.15, 0.2) is 0 Å². The molecule has 1 aliphatic rings. The third-order valence-electron chi connectivity index (χ3n) is 3.39. The van der Waals surface area contributed by atoms with E-state index in [9.17, 15) is 18.0 Å². The molecule has 0 saturated carbocycles. The third kappa shape index (κ3) is 4.63. The van der Waals surface area contributed by atoms with Gasteiger partial charge in [-0.2, -0.15) is 13.2 Å². The van der Waals surface area contributed by atoms with Crippen molar-refractivity contribution in [3.8, 4) is 0 Å². The van der Waals surface area contributed by atoms with Gasteiger partial charge in [-0.3, -0.25) is 0 Å². The molecule has 1 fully saturated rings. The van der Waals surface area contributed by atoms with Crippen LogP contribution in [0.4, 0.5) is 18.0 Å². The Morgan fingerprint density at radius 3 is 2.76 bits per heavy atom. The number of amides is 2. The maximum absolute atomic E-state index is 12.8. The van der Waals surface area contributed by atoms with Crippen molar-refractivity contribution in [2.24, 2.45) is 0 Å². The number of urea groups is 1. The summed E-state index contributed by atoms with van der Waals surface area (Å²) in [6, 6.07) is 4.82. The molecule has 1 aromatic rings. The van der Waals surface area contributed by atoms with Crippen molar-refractivity contribution in [3.63, 3.8) is 0 Å². The maximum atomic E-state index is 12.8. The summed E-state index contributed by atoms with van der Waals surface area (Å²) in [5, 5.41) is 8.39. The molecule has 0 aromatic heterocycles. The van der Waals surface area contributed by atoms with E-state index in [-0.39, 0.29) is 18.2 Å². The molecule has 2 rings (SSSR count). The van der Waals surface area contributed by atoms with Crippen molar-refractivity contribution in [1.29, 1.82) is 0 Å². The highest BCUT2D eigenvalue weighted by atomic mass is 19.4. The summed E-state index contributed by atoms with van der Waals surface area (Å²) in [7, 11) is 0. The van der Waals surface area contributed by atoms with E-state index in [1.165, 1.54) is 18.2 Å². The summed E-state index contributed by atoms with van der Waals surface area (Å²) in [5.41, 5.74) is -0.661. The van der Waals surface area contributed by atoms with Gasteiger partial charge in [0.05, 0.1) is 5.56 Å². The standard InChI is InChI=1S/C14H18F3N3O/c15-14(16,17)12-6-2-1-4-10(12)8-19-13(21)20-11-5-3-7-18-9-11/h1-2,4,6,11,18H,3,5,7-9H2,(H2,19,20,21). The van der Waals surface area contributed by atoms with E-state index < -0.39 is 17.8 Å². The van der Waals surface area contributed by atoms with Crippen LogP contribution in [0, 0.1) is 0 Å². The monoisotopic (exact) mass is 301 g/mol. The minimum absolute atomic E-state index is 0.0246. The summed E-state index contributed by atoms with van der Waals surface area (Å²) in [5.74, 6) is 0. The second kappa shape index (κ2) is 6.80. The van der Waals surface area contributed by atoms with E-state index >= 15 is 0 Å². The molecule has 0 bridgehead atoms. The Morgan fingerprint density at radius 1 is 1.33 bits per heavy atom. The Kier molecular flexibility index (Phi) is 5.06. The Balaban J connectivity index is 1.89. The molecule has 3 N–H and O–H groups in total. The molecule has 116 valence electrons. The molecule has 1 unspecified atom stereocenters. The number of carbonyl (C=O) groups excluding carboxylic acids is 1. The number of halogens is 3. The molecule has 7 heteroatoms. The average molecular weight is 301 g/mol. The zero-order valence-electron chi connectivity index (χ0n) is 11.5. The van der Waals surface area contributed by atoms with Crippen LogP contribution in [0.1, 0.15) is 24.0 Å². The van der Waals surface area contributed by atoms with Crippen LogP contribution in [-0.2, 0) is 12.7 Å². The molecule has 1 aromatic carbocycles. The van der Waals surface area contributed by atoms with Crippen LogP contribution in [0.5, 0.6) is 0 Å². The molecule has 21 heavy (non-hydrogen) atoms. The highest BCUT2D eigenvalue weighted by Gasteiger charge is 2.32. The van der Waals surface area contributed by atoms with Crippen LogP contribution in [0.2, 0.25) is 0 Å². The smallest absolute Gasteiger partial charge is 0.334 e. The molecule has 1 heterocycles. The lowest BCUT2D eigenvalue weighted by atomic mass is 10.1. The molecule has 0 aliphatic carbocycles. The largest absolute Gasteiger partial charge is 0.416 e. The SMILES string of the molecule is O=C(NCc1ccccc1C(F)(F)F)NC1CCCNC1. The molecular weight excluding hydrogens is 283 g/mol. The number of nitrogens with one attached hydrogen (secondary N) is 3. The Labute approximate surface area is 121 Å². The van der Waals surface area contributed by atoms with Crippen molar-refractivity contribution in [2.45, 2.75) is 31.6 Å². The third-order valence-corrected chi connectivity index (χ3v) is 3.39. The number of benzene rings is 1. The van der Waals surface area contributed by atoms with Crippen LogP contribution < -0.4 is 16.0 Å². The topological polar surface area (TPSA) is 53.2 Å². The highest BCUT2D eigenvalue weighted by molar-refractivity contribution is 5.74. The summed E-state index contributed by atoms with van der Waals surface area (Å²) < 4.78 is 38.4. The van der Waals surface area contributed by atoms with Gasteiger partial charge >= 0.3 is 12.2 Å². The fourth-order valence-electron chi connectivity index (χ4n) is 2.34. The zero-order valence-corrected chi connectivity index (χ0v) is 11.5. The van der Waals surface area contributed by atoms with Crippen LogP contribution in [-0.4, -0.2) is 25.2 Å². The first-order valence-corrected chi connectivity index (χ1v) is 6.87. The lowest BCUT2D eigenvalue weighted by molar-refractivity contribution is -0.138. The predicted molar refractivity (Wildman–Crippen MR) is 72.7 cm³/mol. The van der Waals surface area contributed by atoms with Crippen molar-refractivity contribution >= 4 is 6.03 Å². The normalized spacial score (nSPS) is 19.1. The molecule has 1 aliphatic heterocycles. The summed E-state index contributed by atoms with van der Waals surface area (Å²) in [6.45, 7) is 1.47. The van der Waals surface area contributed by atoms with E-state index in [0.717, 1.165) is 25.5 Å². The van der Waals surface area contributed by atoms with Gasteiger partial charge in [0.1, 0.15) is 0 Å². The Morgan fingerprint density at radius 2 is 2.10 bits per heavy atom. The first-order valence-electron chi connectivity index (χ1n) is 6.87. The summed E-state index contributed by atoms with van der Waals surface area (Å²) >= 11 is 0. The van der Waals surface area contributed by atoms with Gasteiger partial charge in [-0.25, -0.2) is 4.79 Å². The molecule has 1 saturated heterocycles. The van der Waals surface area contributed by atoms with Crippen LogP contribution in [0.15, 0.2) is 24.3 Å². The molecule has 0 spiro atoms. The number of hydrogen-bond acceptors (Lipinski definition) is 2. The zero-order chi connectivity index (χ0) is 15.3. The average Bonchev–Trinajstić information content (AvgIpc) is 2.45. The predicted octanol–water partition coefficient (Wildman–Crippen LogP) is 2.26. The van der Waals surface area contributed by atoms with Crippen LogP contribution >= 0.6 is 0 Å². The minimum Gasteiger partial charge on any atom is -0.334 e. The van der Waals surface area contributed by atoms with Crippen LogP contribution in [0.25, 0.3) is 0 Å². The Bertz CT molecular complexity index is 485. The van der Waals surface area contributed by atoms with Gasteiger partial charge in [-0.05, 0) is 31.0 Å². The first kappa shape index (κ1) is 15.6. The fraction of sp³-hybridized carbons (Fsp3) is 0.500. The van der Waals surface area contributed by atoms with E-state index in [1.54, 1.807) is 0 Å². The quantitative estimate of drug-likeness (QED) is 0.802. The second-order valence-electron chi connectivity index (χ2n) is 5.03. The van der Waals surface area contributed by atoms with E-state index in [1.807, 2.05) is 0 Å². The molecule has 2 amide bonds. The van der Waals surface area contributed by atoms with Crippen molar-refractivity contribution in [1.82, 2.24) is 16.0 Å². The number of hydrogen-bond donors (Lipinski definition) is 3. The van der Waals surface area contributed by atoms with Gasteiger partial charge in [0.25, 0.3) is 0 Å². The van der Waals surface area contributed by atoms with Gasteiger partial charge in [-0.15, -0.1) is 0 Å². The second-order valence-corrected chi connectivity index (χ2v) is 5.03. The van der Waals surface area contributed by atoms with Gasteiger partial charge in [0.2, 0.25) is 0 Å². The van der Waals surface area contributed by atoms with Gasteiger partial charge in [0, 0.05) is 19.1 Å². The summed E-state index contributed by atoms with van der Waals surface area (Å²) in [4.78, 5) is 11.7. The van der Waals surface area contributed by atoms with E-state index in [0.29, 0.717) is 6.54 Å². The number of carbonyl (C=O) groups is 1. The number of alkyl halides is 3. The first-order chi connectivity index (χ1) is 9.97. The lowest BCUT2D eigenvalue weighted by Gasteiger charge is -2.24. The highest BCUT2D eigenvalue weighted by Crippen LogP contribution is 2.31. The van der Waals surface area contributed by atoms with E-state index in [2.05, 4.69) is 16.0 Å². The summed E-state index contributed by atoms with van der Waals surface area (Å²) in [6.07, 6.45) is -2.57. The molecule has 4 nitrogen and oxygen atoms in total.